The van der Waals surface area contributed by atoms with Crippen molar-refractivity contribution in [3.8, 4) is 0 Å². The molecule has 0 saturated carbocycles. The zero-order valence-corrected chi connectivity index (χ0v) is 15.8. The molecule has 4 rings (SSSR count). The molecule has 4 heterocycles. The molecule has 0 radical (unpaired) electrons. The largest absolute Gasteiger partial charge is 0.353 e. The number of carbonyl (C=O) groups is 1. The van der Waals surface area contributed by atoms with E-state index in [0.717, 1.165) is 37.9 Å². The summed E-state index contributed by atoms with van der Waals surface area (Å²) in [4.78, 5) is 19.7. The number of nitrogens with one attached hydrogen (secondary N) is 3. The van der Waals surface area contributed by atoms with Crippen LogP contribution in [-0.2, 0) is 18.4 Å². The van der Waals surface area contributed by atoms with Gasteiger partial charge in [-0.25, -0.2) is 10.9 Å². The van der Waals surface area contributed by atoms with Crippen LogP contribution in [0.2, 0.25) is 0 Å². The first-order valence-electron chi connectivity index (χ1n) is 9.75. The van der Waals surface area contributed by atoms with Crippen LogP contribution in [0.4, 0.5) is 0 Å². The quantitative estimate of drug-likeness (QED) is 0.737. The average molecular weight is 368 g/mol. The molecule has 0 aromatic carbocycles. The van der Waals surface area contributed by atoms with E-state index < -0.39 is 0 Å². The number of nitrogens with zero attached hydrogens (tertiary/aromatic N) is 3. The lowest BCUT2D eigenvalue weighted by molar-refractivity contribution is -0.136. The number of hydrogen-bond donors (Lipinski definition) is 3. The fourth-order valence-electron chi connectivity index (χ4n) is 4.14. The minimum atomic E-state index is -0.212. The molecule has 3 N–H and O–H groups in total. The minimum absolute atomic E-state index is 0.146. The van der Waals surface area contributed by atoms with Crippen molar-refractivity contribution in [3.05, 3.63) is 54.1 Å². The molecule has 1 amide bonds. The molecule has 2 fully saturated rings. The predicted octanol–water partition coefficient (Wildman–Crippen LogP) is 1.11. The third kappa shape index (κ3) is 4.05. The van der Waals surface area contributed by atoms with Crippen LogP contribution in [0.3, 0.4) is 0 Å². The fraction of sp³-hybridized carbons (Fsp3) is 0.500. The van der Waals surface area contributed by atoms with Crippen molar-refractivity contribution in [2.75, 3.05) is 13.1 Å². The van der Waals surface area contributed by atoms with Crippen molar-refractivity contribution in [1.29, 1.82) is 0 Å². The summed E-state index contributed by atoms with van der Waals surface area (Å²) in [6.07, 6.45) is 8.41. The second kappa shape index (κ2) is 8.21. The normalized spacial score (nSPS) is 23.4. The molecule has 2 aliphatic heterocycles. The van der Waals surface area contributed by atoms with Crippen LogP contribution in [-0.4, -0.2) is 45.5 Å². The van der Waals surface area contributed by atoms with Gasteiger partial charge in [0.05, 0.1) is 6.04 Å². The monoisotopic (exact) mass is 368 g/mol. The lowest BCUT2D eigenvalue weighted by Crippen LogP contribution is -2.52. The summed E-state index contributed by atoms with van der Waals surface area (Å²) in [6.45, 7) is 2.54. The van der Waals surface area contributed by atoms with Gasteiger partial charge in [0.15, 0.2) is 0 Å². The number of piperidine rings is 1. The maximum Gasteiger partial charge on any atom is 0.241 e. The summed E-state index contributed by atoms with van der Waals surface area (Å²) in [5.74, 6) is 0.176. The molecule has 7 nitrogen and oxygen atoms in total. The first kappa shape index (κ1) is 18.2. The molecule has 7 heteroatoms. The van der Waals surface area contributed by atoms with Crippen molar-refractivity contribution in [1.82, 2.24) is 30.6 Å². The molecule has 2 aromatic rings. The number of aromatic nitrogens is 2. The number of aryl methyl sites for hydroxylation is 1. The molecule has 2 aromatic heterocycles. The highest BCUT2D eigenvalue weighted by molar-refractivity contribution is 5.82. The van der Waals surface area contributed by atoms with Gasteiger partial charge in [0, 0.05) is 43.9 Å². The highest BCUT2D eigenvalue weighted by atomic mass is 16.2. The van der Waals surface area contributed by atoms with E-state index in [1.165, 1.54) is 5.69 Å². The Kier molecular flexibility index (Phi) is 5.52. The van der Waals surface area contributed by atoms with Gasteiger partial charge in [0.25, 0.3) is 0 Å². The van der Waals surface area contributed by atoms with E-state index in [-0.39, 0.29) is 24.0 Å². The van der Waals surface area contributed by atoms with Crippen LogP contribution in [0.25, 0.3) is 0 Å². The Morgan fingerprint density at radius 2 is 2.11 bits per heavy atom. The molecule has 2 atom stereocenters. The zero-order chi connectivity index (χ0) is 18.6. The van der Waals surface area contributed by atoms with Crippen molar-refractivity contribution < 1.29 is 4.79 Å². The van der Waals surface area contributed by atoms with E-state index in [1.54, 1.807) is 6.20 Å². The fourth-order valence-corrected chi connectivity index (χ4v) is 4.14. The lowest BCUT2D eigenvalue weighted by Gasteiger charge is -2.36. The SMILES string of the molecule is Cn1cccc1C1CC(C(=O)N(Cc2cccnc2)C2CCNCC2)NN1. The molecule has 27 heavy (non-hydrogen) atoms. The maximum absolute atomic E-state index is 13.4. The van der Waals surface area contributed by atoms with E-state index in [4.69, 9.17) is 0 Å². The summed E-state index contributed by atoms with van der Waals surface area (Å²) in [6, 6.07) is 8.32. The molecule has 2 aliphatic rings. The molecule has 2 unspecified atom stereocenters. The number of pyridine rings is 1. The number of hydrogen-bond acceptors (Lipinski definition) is 5. The van der Waals surface area contributed by atoms with Crippen LogP contribution in [0, 0.1) is 0 Å². The Labute approximate surface area is 160 Å². The van der Waals surface area contributed by atoms with E-state index >= 15 is 0 Å². The van der Waals surface area contributed by atoms with E-state index in [9.17, 15) is 4.79 Å². The Hall–Kier alpha value is -2.22. The zero-order valence-electron chi connectivity index (χ0n) is 15.8. The van der Waals surface area contributed by atoms with Crippen LogP contribution in [0.1, 0.15) is 36.6 Å². The van der Waals surface area contributed by atoms with Gasteiger partial charge in [0.2, 0.25) is 5.91 Å². The lowest BCUT2D eigenvalue weighted by atomic mass is 10.0. The van der Waals surface area contributed by atoms with Crippen molar-refractivity contribution in [2.45, 2.75) is 43.9 Å². The molecule has 2 saturated heterocycles. The first-order chi connectivity index (χ1) is 13.2. The highest BCUT2D eigenvalue weighted by Gasteiger charge is 2.36. The van der Waals surface area contributed by atoms with Gasteiger partial charge in [-0.05, 0) is 56.1 Å². The summed E-state index contributed by atoms with van der Waals surface area (Å²) in [5, 5.41) is 3.39. The second-order valence-corrected chi connectivity index (χ2v) is 7.48. The Morgan fingerprint density at radius 1 is 1.26 bits per heavy atom. The number of rotatable bonds is 5. The van der Waals surface area contributed by atoms with Crippen LogP contribution < -0.4 is 16.2 Å². The van der Waals surface area contributed by atoms with Crippen molar-refractivity contribution >= 4 is 5.91 Å². The Balaban J connectivity index is 1.49. The average Bonchev–Trinajstić information content (AvgIpc) is 3.36. The van der Waals surface area contributed by atoms with Gasteiger partial charge in [-0.15, -0.1) is 0 Å². The molecular formula is C20H28N6O. The molecule has 144 valence electrons. The van der Waals surface area contributed by atoms with E-state index in [2.05, 4.69) is 36.7 Å². The predicted molar refractivity (Wildman–Crippen MR) is 104 cm³/mol. The number of carbonyl (C=O) groups excluding carboxylic acids is 1. The van der Waals surface area contributed by atoms with Gasteiger partial charge in [-0.3, -0.25) is 9.78 Å². The topological polar surface area (TPSA) is 74.2 Å². The molecule has 0 bridgehead atoms. The third-order valence-electron chi connectivity index (χ3n) is 5.65. The van der Waals surface area contributed by atoms with Gasteiger partial charge < -0.3 is 14.8 Å². The van der Waals surface area contributed by atoms with Crippen LogP contribution in [0.5, 0.6) is 0 Å². The van der Waals surface area contributed by atoms with E-state index in [0.29, 0.717) is 6.54 Å². The third-order valence-corrected chi connectivity index (χ3v) is 5.65. The van der Waals surface area contributed by atoms with Crippen molar-refractivity contribution in [2.24, 2.45) is 7.05 Å². The number of hydrazine groups is 1. The van der Waals surface area contributed by atoms with Crippen LogP contribution >= 0.6 is 0 Å². The summed E-state index contributed by atoms with van der Waals surface area (Å²) in [5.41, 5.74) is 8.82. The summed E-state index contributed by atoms with van der Waals surface area (Å²) in [7, 11) is 2.04. The molecular weight excluding hydrogens is 340 g/mol. The van der Waals surface area contributed by atoms with E-state index in [1.807, 2.05) is 37.6 Å². The molecule has 0 aliphatic carbocycles. The molecule has 0 spiro atoms. The van der Waals surface area contributed by atoms with Crippen molar-refractivity contribution in [3.63, 3.8) is 0 Å². The van der Waals surface area contributed by atoms with Gasteiger partial charge >= 0.3 is 0 Å². The first-order valence-corrected chi connectivity index (χ1v) is 9.75. The second-order valence-electron chi connectivity index (χ2n) is 7.48. The smallest absolute Gasteiger partial charge is 0.241 e. The van der Waals surface area contributed by atoms with Crippen LogP contribution in [0.15, 0.2) is 42.9 Å². The maximum atomic E-state index is 13.4. The summed E-state index contributed by atoms with van der Waals surface area (Å²) < 4.78 is 2.10. The van der Waals surface area contributed by atoms with Gasteiger partial charge in [-0.1, -0.05) is 6.07 Å². The number of amides is 1. The Bertz CT molecular complexity index is 755. The highest BCUT2D eigenvalue weighted by Crippen LogP contribution is 2.25. The standard InChI is InChI=1S/C20H28N6O/c1-25-11-3-5-19(25)17-12-18(24-23-17)20(27)26(16-6-9-21-10-7-16)14-15-4-2-8-22-13-15/h2-5,8,11,13,16-18,21,23-24H,6-7,9-10,12,14H2,1H3. The minimum Gasteiger partial charge on any atom is -0.353 e. The Morgan fingerprint density at radius 3 is 2.81 bits per heavy atom. The van der Waals surface area contributed by atoms with Gasteiger partial charge in [-0.2, -0.15) is 0 Å². The van der Waals surface area contributed by atoms with Gasteiger partial charge in [0.1, 0.15) is 6.04 Å². The summed E-state index contributed by atoms with van der Waals surface area (Å²) >= 11 is 0.